The van der Waals surface area contributed by atoms with Gasteiger partial charge in [0.05, 0.1) is 16.2 Å². The van der Waals surface area contributed by atoms with Crippen LogP contribution in [0.2, 0.25) is 0 Å². The summed E-state index contributed by atoms with van der Waals surface area (Å²) in [7, 11) is 0. The maximum atomic E-state index is 13.2. The molecule has 0 unspecified atom stereocenters. The van der Waals surface area contributed by atoms with Crippen LogP contribution in [0.3, 0.4) is 0 Å². The van der Waals surface area contributed by atoms with E-state index in [2.05, 4.69) is 37.2 Å². The smallest absolute Gasteiger partial charge is 0.270 e. The highest BCUT2D eigenvalue weighted by molar-refractivity contribution is 9.11. The number of rotatable bonds is 3. The highest BCUT2D eigenvalue weighted by Crippen LogP contribution is 2.26. The molecule has 0 aromatic heterocycles. The van der Waals surface area contributed by atoms with Gasteiger partial charge in [-0.2, -0.15) is 0 Å². The molecule has 1 N–H and O–H groups in total. The molecule has 1 amide bonds. The molecule has 8 heteroatoms. The Balaban J connectivity index is 2.34. The van der Waals surface area contributed by atoms with Gasteiger partial charge in [0, 0.05) is 21.1 Å². The van der Waals surface area contributed by atoms with E-state index in [-0.39, 0.29) is 16.9 Å². The van der Waals surface area contributed by atoms with Crippen LogP contribution in [-0.2, 0) is 0 Å². The zero-order chi connectivity index (χ0) is 15.6. The van der Waals surface area contributed by atoms with E-state index >= 15 is 0 Å². The van der Waals surface area contributed by atoms with Crippen molar-refractivity contribution in [3.8, 4) is 0 Å². The minimum Gasteiger partial charge on any atom is -0.321 e. The second-order valence-electron chi connectivity index (χ2n) is 4.00. The second-order valence-corrected chi connectivity index (χ2v) is 5.71. The van der Waals surface area contributed by atoms with Gasteiger partial charge in [-0.05, 0) is 56.1 Å². The molecule has 0 bridgehead atoms. The number of anilines is 1. The van der Waals surface area contributed by atoms with Gasteiger partial charge in [-0.25, -0.2) is 4.39 Å². The van der Waals surface area contributed by atoms with Crippen molar-refractivity contribution in [3.05, 3.63) is 66.8 Å². The van der Waals surface area contributed by atoms with Crippen LogP contribution in [0.1, 0.15) is 10.4 Å². The molecule has 2 aromatic carbocycles. The molecule has 0 aliphatic carbocycles. The lowest BCUT2D eigenvalue weighted by atomic mass is 10.2. The summed E-state index contributed by atoms with van der Waals surface area (Å²) in [5.74, 6) is -1.09. The van der Waals surface area contributed by atoms with Crippen LogP contribution in [-0.4, -0.2) is 10.8 Å². The van der Waals surface area contributed by atoms with E-state index in [0.29, 0.717) is 8.95 Å². The van der Waals surface area contributed by atoms with Crippen LogP contribution in [0.15, 0.2) is 45.3 Å². The molecular weight excluding hydrogens is 411 g/mol. The first-order chi connectivity index (χ1) is 9.88. The Labute approximate surface area is 135 Å². The number of hydrogen-bond acceptors (Lipinski definition) is 3. The molecule has 5 nitrogen and oxygen atoms in total. The average Bonchev–Trinajstić information content (AvgIpc) is 2.43. The van der Waals surface area contributed by atoms with Crippen LogP contribution >= 0.6 is 31.9 Å². The maximum absolute atomic E-state index is 13.2. The lowest BCUT2D eigenvalue weighted by Crippen LogP contribution is -2.13. The average molecular weight is 418 g/mol. The SMILES string of the molecule is O=C(Nc1cc(F)ccc1Br)c1cc([N+](=O)[O-])ccc1Br. The zero-order valence-corrected chi connectivity index (χ0v) is 13.4. The first-order valence-electron chi connectivity index (χ1n) is 5.59. The Kier molecular flexibility index (Phi) is 4.69. The lowest BCUT2D eigenvalue weighted by Gasteiger charge is -2.08. The van der Waals surface area contributed by atoms with E-state index in [1.54, 1.807) is 0 Å². The summed E-state index contributed by atoms with van der Waals surface area (Å²) < 4.78 is 14.1. The van der Waals surface area contributed by atoms with E-state index in [1.807, 2.05) is 0 Å². The third-order valence-corrected chi connectivity index (χ3v) is 3.96. The number of carbonyl (C=O) groups is 1. The fraction of sp³-hybridized carbons (Fsp3) is 0. The molecule has 0 fully saturated rings. The summed E-state index contributed by atoms with van der Waals surface area (Å²) in [5, 5.41) is 13.2. The van der Waals surface area contributed by atoms with Gasteiger partial charge in [0.25, 0.3) is 11.6 Å². The van der Waals surface area contributed by atoms with Gasteiger partial charge in [0.1, 0.15) is 5.82 Å². The number of non-ortho nitro benzene ring substituents is 1. The van der Waals surface area contributed by atoms with Crippen molar-refractivity contribution in [2.24, 2.45) is 0 Å². The Morgan fingerprint density at radius 2 is 1.81 bits per heavy atom. The Morgan fingerprint density at radius 3 is 2.48 bits per heavy atom. The van der Waals surface area contributed by atoms with Gasteiger partial charge >= 0.3 is 0 Å². The number of halogens is 3. The summed E-state index contributed by atoms with van der Waals surface area (Å²) in [4.78, 5) is 22.3. The summed E-state index contributed by atoms with van der Waals surface area (Å²) in [6.07, 6.45) is 0. The molecule has 0 heterocycles. The van der Waals surface area contributed by atoms with Gasteiger partial charge in [-0.15, -0.1) is 0 Å². The molecule has 0 saturated heterocycles. The molecule has 2 aromatic rings. The van der Waals surface area contributed by atoms with Crippen LogP contribution in [0.25, 0.3) is 0 Å². The molecule has 108 valence electrons. The van der Waals surface area contributed by atoms with E-state index in [1.165, 1.54) is 24.3 Å². The van der Waals surface area contributed by atoms with Crippen molar-refractivity contribution in [2.45, 2.75) is 0 Å². The van der Waals surface area contributed by atoms with E-state index in [9.17, 15) is 19.3 Å². The summed E-state index contributed by atoms with van der Waals surface area (Å²) in [6.45, 7) is 0. The third kappa shape index (κ3) is 3.64. The van der Waals surface area contributed by atoms with Crippen molar-refractivity contribution in [3.63, 3.8) is 0 Å². The van der Waals surface area contributed by atoms with E-state index < -0.39 is 16.6 Å². The molecule has 2 rings (SSSR count). The van der Waals surface area contributed by atoms with Crippen molar-refractivity contribution in [1.82, 2.24) is 0 Å². The molecule has 0 aliphatic rings. The van der Waals surface area contributed by atoms with Crippen LogP contribution in [0.4, 0.5) is 15.8 Å². The summed E-state index contributed by atoms with van der Waals surface area (Å²) in [5.41, 5.74) is 0.112. The number of amides is 1. The van der Waals surface area contributed by atoms with Crippen molar-refractivity contribution in [2.75, 3.05) is 5.32 Å². The monoisotopic (exact) mass is 416 g/mol. The quantitative estimate of drug-likeness (QED) is 0.589. The van der Waals surface area contributed by atoms with Crippen LogP contribution < -0.4 is 5.32 Å². The van der Waals surface area contributed by atoms with Crippen LogP contribution in [0.5, 0.6) is 0 Å². The number of benzene rings is 2. The van der Waals surface area contributed by atoms with Gasteiger partial charge in [0.15, 0.2) is 0 Å². The van der Waals surface area contributed by atoms with Gasteiger partial charge in [0.2, 0.25) is 0 Å². The van der Waals surface area contributed by atoms with E-state index in [0.717, 1.165) is 12.1 Å². The molecule has 0 saturated carbocycles. The van der Waals surface area contributed by atoms with Crippen molar-refractivity contribution >= 4 is 49.1 Å². The predicted octanol–water partition coefficient (Wildman–Crippen LogP) is 4.51. The minimum atomic E-state index is -0.596. The van der Waals surface area contributed by atoms with Gasteiger partial charge < -0.3 is 5.32 Å². The normalized spacial score (nSPS) is 10.2. The largest absolute Gasteiger partial charge is 0.321 e. The first kappa shape index (κ1) is 15.6. The minimum absolute atomic E-state index is 0.0837. The lowest BCUT2D eigenvalue weighted by molar-refractivity contribution is -0.384. The van der Waals surface area contributed by atoms with Crippen molar-refractivity contribution < 1.29 is 14.1 Å². The fourth-order valence-corrected chi connectivity index (χ4v) is 2.36. The number of hydrogen-bond donors (Lipinski definition) is 1. The fourth-order valence-electron chi connectivity index (χ4n) is 1.58. The molecule has 21 heavy (non-hydrogen) atoms. The van der Waals surface area contributed by atoms with Crippen LogP contribution in [0, 0.1) is 15.9 Å². The van der Waals surface area contributed by atoms with E-state index in [4.69, 9.17) is 0 Å². The molecule has 0 aliphatic heterocycles. The summed E-state index contributed by atoms with van der Waals surface area (Å²) in [6, 6.07) is 7.67. The number of nitro benzene ring substituents is 1. The highest BCUT2D eigenvalue weighted by Gasteiger charge is 2.16. The Morgan fingerprint density at radius 1 is 1.14 bits per heavy atom. The standard InChI is InChI=1S/C13H7Br2FN2O3/c14-10-4-2-8(18(20)21)6-9(10)13(19)17-12-5-7(16)1-3-11(12)15/h1-6H,(H,17,19). The third-order valence-electron chi connectivity index (χ3n) is 2.58. The number of carbonyl (C=O) groups excluding carboxylic acids is 1. The van der Waals surface area contributed by atoms with Gasteiger partial charge in [-0.1, -0.05) is 0 Å². The van der Waals surface area contributed by atoms with Gasteiger partial charge in [-0.3, -0.25) is 14.9 Å². The number of nitrogens with zero attached hydrogens (tertiary/aromatic N) is 1. The summed E-state index contributed by atoms with van der Waals surface area (Å²) >= 11 is 6.34. The number of nitrogens with one attached hydrogen (secondary N) is 1. The molecule has 0 atom stereocenters. The predicted molar refractivity (Wildman–Crippen MR) is 82.8 cm³/mol. The molecular formula is C13H7Br2FN2O3. The Bertz CT molecular complexity index is 737. The Hall–Kier alpha value is -1.80. The maximum Gasteiger partial charge on any atom is 0.270 e. The van der Waals surface area contributed by atoms with Crippen molar-refractivity contribution in [1.29, 1.82) is 0 Å². The highest BCUT2D eigenvalue weighted by atomic mass is 79.9. The topological polar surface area (TPSA) is 72.2 Å². The number of nitro groups is 1. The first-order valence-corrected chi connectivity index (χ1v) is 7.17. The zero-order valence-electron chi connectivity index (χ0n) is 10.3. The molecule has 0 spiro atoms. The molecule has 0 radical (unpaired) electrons. The second kappa shape index (κ2) is 6.31.